The summed E-state index contributed by atoms with van der Waals surface area (Å²) in [6, 6.07) is 6.88. The second-order valence-corrected chi connectivity index (χ2v) is 8.63. The normalized spacial score (nSPS) is 16.7. The van der Waals surface area contributed by atoms with Gasteiger partial charge in [-0.25, -0.2) is 14.2 Å². The number of hydrogen-bond donors (Lipinski definition) is 2. The van der Waals surface area contributed by atoms with Crippen LogP contribution in [0.3, 0.4) is 0 Å². The minimum atomic E-state index is -0.625. The lowest BCUT2D eigenvalue weighted by Crippen LogP contribution is -2.51. The van der Waals surface area contributed by atoms with Crippen LogP contribution >= 0.6 is 0 Å². The maximum atomic E-state index is 14.9. The maximum absolute atomic E-state index is 14.9. The van der Waals surface area contributed by atoms with Crippen molar-refractivity contribution in [1.82, 2.24) is 24.8 Å². The van der Waals surface area contributed by atoms with Crippen molar-refractivity contribution in [3.8, 4) is 0 Å². The van der Waals surface area contributed by atoms with Crippen molar-refractivity contribution in [2.75, 3.05) is 31.6 Å². The maximum Gasteiger partial charge on any atom is 0.328 e. The van der Waals surface area contributed by atoms with Crippen LogP contribution in [0.15, 0.2) is 33.9 Å². The largest absolute Gasteiger partial charge is 0.367 e. The van der Waals surface area contributed by atoms with Crippen LogP contribution < -0.4 is 21.5 Å². The van der Waals surface area contributed by atoms with E-state index in [2.05, 4.69) is 32.0 Å². The number of benzene rings is 1. The molecule has 3 aromatic rings. The van der Waals surface area contributed by atoms with Crippen LogP contribution in [0.2, 0.25) is 0 Å². The van der Waals surface area contributed by atoms with Crippen molar-refractivity contribution >= 4 is 22.5 Å². The van der Waals surface area contributed by atoms with Crippen LogP contribution in [0.25, 0.3) is 10.9 Å². The molecular weight excluding hydrogens is 439 g/mol. The Morgan fingerprint density at radius 3 is 2.68 bits per heavy atom. The van der Waals surface area contributed by atoms with Gasteiger partial charge in [-0.3, -0.25) is 19.1 Å². The van der Waals surface area contributed by atoms with Gasteiger partial charge in [-0.2, -0.15) is 0 Å². The number of hydrogen-bond acceptors (Lipinski definition) is 6. The van der Waals surface area contributed by atoms with Gasteiger partial charge in [0.1, 0.15) is 11.5 Å². The van der Waals surface area contributed by atoms with Crippen molar-refractivity contribution in [1.29, 1.82) is 0 Å². The summed E-state index contributed by atoms with van der Waals surface area (Å²) in [7, 11) is 1.58. The number of rotatable bonds is 5. The zero-order valence-corrected chi connectivity index (χ0v) is 19.8. The fourth-order valence-corrected chi connectivity index (χ4v) is 4.59. The summed E-state index contributed by atoms with van der Waals surface area (Å²) in [6.07, 6.45) is 0. The number of aromatic amines is 1. The second kappa shape index (κ2) is 9.38. The zero-order valence-electron chi connectivity index (χ0n) is 19.8. The number of aryl methyl sites for hydroxylation is 1. The Balaban J connectivity index is 1.52. The number of aromatic nitrogens is 3. The summed E-state index contributed by atoms with van der Waals surface area (Å²) in [5, 5.41) is 2.49. The van der Waals surface area contributed by atoms with E-state index in [9.17, 15) is 18.8 Å². The molecule has 0 aliphatic carbocycles. The highest BCUT2D eigenvalue weighted by Gasteiger charge is 2.26. The van der Waals surface area contributed by atoms with E-state index in [0.29, 0.717) is 17.8 Å². The molecule has 34 heavy (non-hydrogen) atoms. The number of halogens is 1. The average molecular weight is 469 g/mol. The Morgan fingerprint density at radius 2 is 2.03 bits per heavy atom. The second-order valence-electron chi connectivity index (χ2n) is 8.63. The van der Waals surface area contributed by atoms with Crippen LogP contribution in [-0.2, 0) is 13.1 Å². The number of carbonyl (C=O) groups excluding carboxylic acids is 1. The standard InChI is InChI=1S/C24H29FN6O3/c1-5-31-23(33)21-17(25)10-16(11-19(21)28-24(31)34)13-29-8-9-30(12-14(29)2)20-7-6-18(22(32)26-4)27-15(20)3/h6-7,10-11,14H,5,8-9,12-13H2,1-4H3,(H,26,32)(H,28,34). The molecular formula is C24H29FN6O3. The first-order chi connectivity index (χ1) is 16.2. The molecule has 180 valence electrons. The minimum Gasteiger partial charge on any atom is -0.367 e. The van der Waals surface area contributed by atoms with Gasteiger partial charge in [-0.05, 0) is 50.6 Å². The molecule has 0 spiro atoms. The third-order valence-corrected chi connectivity index (χ3v) is 6.42. The molecule has 1 aliphatic heterocycles. The number of nitrogens with one attached hydrogen (secondary N) is 2. The molecule has 1 saturated heterocycles. The van der Waals surface area contributed by atoms with Crippen molar-refractivity contribution in [3.05, 3.63) is 67.9 Å². The molecule has 9 nitrogen and oxygen atoms in total. The third kappa shape index (κ3) is 4.33. The van der Waals surface area contributed by atoms with Crippen molar-refractivity contribution in [2.45, 2.75) is 39.9 Å². The highest BCUT2D eigenvalue weighted by molar-refractivity contribution is 5.92. The van der Waals surface area contributed by atoms with Gasteiger partial charge in [0.2, 0.25) is 0 Å². The zero-order chi connectivity index (χ0) is 24.6. The van der Waals surface area contributed by atoms with Gasteiger partial charge >= 0.3 is 5.69 Å². The molecule has 4 rings (SSSR count). The lowest BCUT2D eigenvalue weighted by molar-refractivity contribution is 0.0958. The lowest BCUT2D eigenvalue weighted by atomic mass is 10.1. The van der Waals surface area contributed by atoms with Crippen molar-refractivity contribution < 1.29 is 9.18 Å². The van der Waals surface area contributed by atoms with E-state index in [0.717, 1.165) is 35.6 Å². The summed E-state index contributed by atoms with van der Waals surface area (Å²) in [6.45, 7) is 8.58. The van der Waals surface area contributed by atoms with Crippen LogP contribution in [0.4, 0.5) is 10.1 Å². The molecule has 1 fully saturated rings. The molecule has 2 aromatic heterocycles. The number of nitrogens with zero attached hydrogens (tertiary/aromatic N) is 4. The van der Waals surface area contributed by atoms with Crippen LogP contribution in [-0.4, -0.2) is 58.1 Å². The third-order valence-electron chi connectivity index (χ3n) is 6.42. The van der Waals surface area contributed by atoms with Crippen molar-refractivity contribution in [3.63, 3.8) is 0 Å². The Hall–Kier alpha value is -3.53. The first-order valence-electron chi connectivity index (χ1n) is 11.4. The first kappa shape index (κ1) is 23.6. The molecule has 1 unspecified atom stereocenters. The van der Waals surface area contributed by atoms with Crippen LogP contribution in [0.5, 0.6) is 0 Å². The van der Waals surface area contributed by atoms with Gasteiger partial charge in [0, 0.05) is 45.8 Å². The van der Waals surface area contributed by atoms with E-state index in [-0.39, 0.29) is 29.4 Å². The van der Waals surface area contributed by atoms with Crippen LogP contribution in [0, 0.1) is 12.7 Å². The van der Waals surface area contributed by atoms with E-state index in [1.54, 1.807) is 26.1 Å². The molecule has 2 N–H and O–H groups in total. The summed E-state index contributed by atoms with van der Waals surface area (Å²) in [5.41, 5.74) is 1.93. The number of anilines is 1. The highest BCUT2D eigenvalue weighted by Crippen LogP contribution is 2.24. The topological polar surface area (TPSA) is 103 Å². The summed E-state index contributed by atoms with van der Waals surface area (Å²) < 4.78 is 15.8. The van der Waals surface area contributed by atoms with E-state index in [1.165, 1.54) is 6.07 Å². The predicted octanol–water partition coefficient (Wildman–Crippen LogP) is 1.62. The number of fused-ring (bicyclic) bond motifs is 1. The fourth-order valence-electron chi connectivity index (χ4n) is 4.59. The number of piperazine rings is 1. The highest BCUT2D eigenvalue weighted by atomic mass is 19.1. The quantitative estimate of drug-likeness (QED) is 0.590. The number of amides is 1. The van der Waals surface area contributed by atoms with Gasteiger partial charge in [0.15, 0.2) is 0 Å². The summed E-state index contributed by atoms with van der Waals surface area (Å²) >= 11 is 0. The van der Waals surface area contributed by atoms with E-state index < -0.39 is 17.1 Å². The Morgan fingerprint density at radius 1 is 1.26 bits per heavy atom. The van der Waals surface area contributed by atoms with E-state index in [1.807, 2.05) is 13.0 Å². The molecule has 10 heteroatoms. The molecule has 1 atom stereocenters. The van der Waals surface area contributed by atoms with Gasteiger partial charge in [0.05, 0.1) is 22.3 Å². The number of carbonyl (C=O) groups is 1. The van der Waals surface area contributed by atoms with Gasteiger partial charge < -0.3 is 15.2 Å². The van der Waals surface area contributed by atoms with E-state index >= 15 is 0 Å². The van der Waals surface area contributed by atoms with Gasteiger partial charge in [-0.15, -0.1) is 0 Å². The first-order valence-corrected chi connectivity index (χ1v) is 11.4. The molecule has 1 amide bonds. The molecule has 3 heterocycles. The van der Waals surface area contributed by atoms with E-state index in [4.69, 9.17) is 0 Å². The minimum absolute atomic E-state index is 0.0914. The Bertz CT molecular complexity index is 1370. The van der Waals surface area contributed by atoms with Gasteiger partial charge in [-0.1, -0.05) is 0 Å². The Kier molecular flexibility index (Phi) is 6.52. The summed E-state index contributed by atoms with van der Waals surface area (Å²) in [5.74, 6) is -0.842. The molecule has 0 radical (unpaired) electrons. The molecule has 1 aliphatic rings. The predicted molar refractivity (Wildman–Crippen MR) is 129 cm³/mol. The lowest BCUT2D eigenvalue weighted by Gasteiger charge is -2.41. The van der Waals surface area contributed by atoms with Gasteiger partial charge in [0.25, 0.3) is 11.5 Å². The van der Waals surface area contributed by atoms with Crippen molar-refractivity contribution in [2.24, 2.45) is 0 Å². The Labute approximate surface area is 196 Å². The fraction of sp³-hybridized carbons (Fsp3) is 0.417. The molecule has 1 aromatic carbocycles. The number of pyridine rings is 1. The average Bonchev–Trinajstić information content (AvgIpc) is 2.79. The van der Waals surface area contributed by atoms with Crippen LogP contribution in [0.1, 0.15) is 35.6 Å². The smallest absolute Gasteiger partial charge is 0.328 e. The molecule has 0 saturated carbocycles. The SMILES string of the molecule is CCn1c(=O)[nH]c2cc(CN3CCN(c4ccc(C(=O)NC)nc4C)CC3C)cc(F)c2c1=O. The molecule has 0 bridgehead atoms. The summed E-state index contributed by atoms with van der Waals surface area (Å²) in [4.78, 5) is 48.0. The number of H-pyrrole nitrogens is 1. The monoisotopic (exact) mass is 468 g/mol.